The molecule has 0 aliphatic carbocycles. The van der Waals surface area contributed by atoms with Crippen LogP contribution in [0.5, 0.6) is 0 Å². The molecule has 0 aromatic rings. The summed E-state index contributed by atoms with van der Waals surface area (Å²) in [6.45, 7) is 4.55. The van der Waals surface area contributed by atoms with Gasteiger partial charge in [0.05, 0.1) is 0 Å². The van der Waals surface area contributed by atoms with Crippen molar-refractivity contribution in [3.63, 3.8) is 0 Å². The Hall–Kier alpha value is -1.30. The van der Waals surface area contributed by atoms with E-state index in [1.54, 1.807) is 7.05 Å². The second-order valence-corrected chi connectivity index (χ2v) is 5.18. The number of rotatable bonds is 9. The summed E-state index contributed by atoms with van der Waals surface area (Å²) in [4.78, 5) is 24.3. The van der Waals surface area contributed by atoms with E-state index in [1.807, 2.05) is 13.8 Å². The van der Waals surface area contributed by atoms with Crippen molar-refractivity contribution in [1.82, 2.24) is 10.2 Å². The quantitative estimate of drug-likeness (QED) is 0.553. The van der Waals surface area contributed by atoms with E-state index in [9.17, 15) is 9.59 Å². The minimum atomic E-state index is -1.00. The number of hydrogen-bond acceptors (Lipinski definition) is 3. The molecular weight excluding hydrogens is 248 g/mol. The Kier molecular flexibility index (Phi) is 8.95. The van der Waals surface area contributed by atoms with Gasteiger partial charge in [-0.25, -0.2) is 9.59 Å². The van der Waals surface area contributed by atoms with Gasteiger partial charge in [0.1, 0.15) is 6.04 Å². The fraction of sp³-hybridized carbons (Fsp3) is 0.846. The summed E-state index contributed by atoms with van der Waals surface area (Å²) in [6, 6.07) is -1.20. The zero-order valence-electron chi connectivity index (χ0n) is 12.1. The third-order valence-corrected chi connectivity index (χ3v) is 2.80. The lowest BCUT2D eigenvalue weighted by molar-refractivity contribution is -0.139. The summed E-state index contributed by atoms with van der Waals surface area (Å²) in [5, 5.41) is 20.2. The molecule has 2 amide bonds. The summed E-state index contributed by atoms with van der Waals surface area (Å²) in [5.41, 5.74) is 0. The third kappa shape index (κ3) is 8.42. The number of urea groups is 1. The third-order valence-electron chi connectivity index (χ3n) is 2.80. The van der Waals surface area contributed by atoms with Crippen molar-refractivity contribution in [2.45, 2.75) is 45.6 Å². The lowest BCUT2D eigenvalue weighted by Gasteiger charge is -2.22. The van der Waals surface area contributed by atoms with Crippen molar-refractivity contribution in [2.24, 2.45) is 5.92 Å². The Labute approximate surface area is 114 Å². The van der Waals surface area contributed by atoms with E-state index in [0.29, 0.717) is 13.0 Å². The van der Waals surface area contributed by atoms with Gasteiger partial charge >= 0.3 is 12.0 Å². The highest BCUT2D eigenvalue weighted by molar-refractivity contribution is 5.82. The molecule has 1 unspecified atom stereocenters. The van der Waals surface area contributed by atoms with Crippen molar-refractivity contribution in [3.05, 3.63) is 0 Å². The number of carboxylic acid groups (broad SMARTS) is 1. The van der Waals surface area contributed by atoms with Crippen LogP contribution in [0.4, 0.5) is 4.79 Å². The van der Waals surface area contributed by atoms with E-state index in [-0.39, 0.29) is 18.6 Å². The predicted octanol–water partition coefficient (Wildman–Crippen LogP) is 1.29. The number of aliphatic carboxylic acids is 1. The maximum atomic E-state index is 11.8. The first-order valence-corrected chi connectivity index (χ1v) is 6.73. The molecule has 0 bridgehead atoms. The highest BCUT2D eigenvalue weighted by atomic mass is 16.4. The van der Waals surface area contributed by atoms with Crippen LogP contribution in [0.2, 0.25) is 0 Å². The molecule has 0 spiro atoms. The minimum Gasteiger partial charge on any atom is -0.480 e. The summed E-state index contributed by atoms with van der Waals surface area (Å²) >= 11 is 0. The number of aliphatic hydroxyl groups excluding tert-OH is 1. The molecule has 0 radical (unpaired) electrons. The normalized spacial score (nSPS) is 12.3. The SMILES string of the molecule is CC(C)CC(NC(=O)N(C)CCCCCO)C(=O)O. The number of nitrogens with zero attached hydrogens (tertiary/aromatic N) is 1. The monoisotopic (exact) mass is 274 g/mol. The van der Waals surface area contributed by atoms with Gasteiger partial charge in [0, 0.05) is 20.2 Å². The number of carboxylic acids is 1. The first-order valence-electron chi connectivity index (χ1n) is 6.73. The Morgan fingerprint density at radius 3 is 2.32 bits per heavy atom. The van der Waals surface area contributed by atoms with Crippen LogP contribution in [-0.4, -0.2) is 53.4 Å². The van der Waals surface area contributed by atoms with Gasteiger partial charge in [0.2, 0.25) is 0 Å². The maximum absolute atomic E-state index is 11.8. The summed E-state index contributed by atoms with van der Waals surface area (Å²) in [5.74, 6) is -0.799. The van der Waals surface area contributed by atoms with Crippen molar-refractivity contribution < 1.29 is 19.8 Å². The van der Waals surface area contributed by atoms with Gasteiger partial charge in [-0.1, -0.05) is 13.8 Å². The highest BCUT2D eigenvalue weighted by Gasteiger charge is 2.22. The van der Waals surface area contributed by atoms with Gasteiger partial charge in [-0.15, -0.1) is 0 Å². The molecule has 0 saturated heterocycles. The van der Waals surface area contributed by atoms with E-state index in [2.05, 4.69) is 5.32 Å². The van der Waals surface area contributed by atoms with Crippen LogP contribution in [0.25, 0.3) is 0 Å². The van der Waals surface area contributed by atoms with Crippen molar-refractivity contribution in [2.75, 3.05) is 20.2 Å². The highest BCUT2D eigenvalue weighted by Crippen LogP contribution is 2.06. The molecule has 0 fully saturated rings. The summed E-state index contributed by atoms with van der Waals surface area (Å²) in [6.07, 6.45) is 2.79. The first kappa shape index (κ1) is 17.7. The van der Waals surface area contributed by atoms with Crippen LogP contribution in [0.3, 0.4) is 0 Å². The predicted molar refractivity (Wildman–Crippen MR) is 73.0 cm³/mol. The molecule has 0 aromatic carbocycles. The number of amides is 2. The van der Waals surface area contributed by atoms with Gasteiger partial charge < -0.3 is 20.4 Å². The first-order chi connectivity index (χ1) is 8.88. The molecule has 1 atom stereocenters. The summed E-state index contributed by atoms with van der Waals surface area (Å²) < 4.78 is 0. The van der Waals surface area contributed by atoms with Gasteiger partial charge in [0.15, 0.2) is 0 Å². The Morgan fingerprint density at radius 2 is 1.84 bits per heavy atom. The van der Waals surface area contributed by atoms with Crippen LogP contribution in [0.15, 0.2) is 0 Å². The van der Waals surface area contributed by atoms with Gasteiger partial charge in [-0.3, -0.25) is 0 Å². The Morgan fingerprint density at radius 1 is 1.21 bits per heavy atom. The van der Waals surface area contributed by atoms with Crippen molar-refractivity contribution in [3.8, 4) is 0 Å². The molecule has 0 heterocycles. The number of unbranched alkanes of at least 4 members (excludes halogenated alkanes) is 2. The molecule has 6 nitrogen and oxygen atoms in total. The molecule has 3 N–H and O–H groups in total. The molecule has 112 valence electrons. The van der Waals surface area contributed by atoms with Crippen molar-refractivity contribution >= 4 is 12.0 Å². The van der Waals surface area contributed by atoms with E-state index in [0.717, 1.165) is 19.3 Å². The van der Waals surface area contributed by atoms with E-state index in [4.69, 9.17) is 10.2 Å². The number of aliphatic hydroxyl groups is 1. The molecule has 0 aliphatic rings. The lowest BCUT2D eigenvalue weighted by atomic mass is 10.0. The van der Waals surface area contributed by atoms with E-state index < -0.39 is 12.0 Å². The molecule has 19 heavy (non-hydrogen) atoms. The lowest BCUT2D eigenvalue weighted by Crippen LogP contribution is -2.47. The average Bonchev–Trinajstić information content (AvgIpc) is 2.32. The van der Waals surface area contributed by atoms with Gasteiger partial charge in [-0.2, -0.15) is 0 Å². The van der Waals surface area contributed by atoms with Crippen LogP contribution in [-0.2, 0) is 4.79 Å². The van der Waals surface area contributed by atoms with E-state index in [1.165, 1.54) is 4.90 Å². The minimum absolute atomic E-state index is 0.158. The van der Waals surface area contributed by atoms with Crippen LogP contribution in [0.1, 0.15) is 39.5 Å². The molecule has 6 heteroatoms. The standard InChI is InChI=1S/C13H26N2O4/c1-10(2)9-11(12(17)18)14-13(19)15(3)7-5-4-6-8-16/h10-11,16H,4-9H2,1-3H3,(H,14,19)(H,17,18). The Bertz CT molecular complexity index is 282. The zero-order valence-corrected chi connectivity index (χ0v) is 12.1. The largest absolute Gasteiger partial charge is 0.480 e. The second kappa shape index (κ2) is 9.61. The van der Waals surface area contributed by atoms with Crippen LogP contribution in [0, 0.1) is 5.92 Å². The van der Waals surface area contributed by atoms with Gasteiger partial charge in [0.25, 0.3) is 0 Å². The number of hydrogen-bond donors (Lipinski definition) is 3. The molecule has 0 saturated carbocycles. The number of carbonyl (C=O) groups excluding carboxylic acids is 1. The van der Waals surface area contributed by atoms with Crippen molar-refractivity contribution in [1.29, 1.82) is 0 Å². The Balaban J connectivity index is 4.12. The molecule has 0 aromatic heterocycles. The maximum Gasteiger partial charge on any atom is 0.326 e. The van der Waals surface area contributed by atoms with E-state index >= 15 is 0 Å². The molecule has 0 aliphatic heterocycles. The summed E-state index contributed by atoms with van der Waals surface area (Å²) in [7, 11) is 1.64. The van der Waals surface area contributed by atoms with Gasteiger partial charge in [-0.05, 0) is 31.6 Å². The van der Waals surface area contributed by atoms with Crippen LogP contribution >= 0.6 is 0 Å². The average molecular weight is 274 g/mol. The number of carbonyl (C=O) groups is 2. The topological polar surface area (TPSA) is 89.9 Å². The molecule has 0 rings (SSSR count). The second-order valence-electron chi connectivity index (χ2n) is 5.18. The zero-order chi connectivity index (χ0) is 14.8. The smallest absolute Gasteiger partial charge is 0.326 e. The molecular formula is C13H26N2O4. The number of nitrogens with one attached hydrogen (secondary N) is 1. The fourth-order valence-electron chi connectivity index (χ4n) is 1.69. The van der Waals surface area contributed by atoms with Crippen LogP contribution < -0.4 is 5.32 Å². The fourth-order valence-corrected chi connectivity index (χ4v) is 1.69.